The molecule has 1 saturated heterocycles. The van der Waals surface area contributed by atoms with E-state index in [4.69, 9.17) is 16.3 Å². The fraction of sp³-hybridized carbons (Fsp3) is 0.364. The van der Waals surface area contributed by atoms with Crippen molar-refractivity contribution in [3.63, 3.8) is 0 Å². The molecule has 28 heavy (non-hydrogen) atoms. The van der Waals surface area contributed by atoms with Gasteiger partial charge in [0.1, 0.15) is 0 Å². The molecule has 0 radical (unpaired) electrons. The fourth-order valence-electron chi connectivity index (χ4n) is 3.19. The third kappa shape index (κ3) is 5.57. The summed E-state index contributed by atoms with van der Waals surface area (Å²) in [5.74, 6) is -0.0900. The summed E-state index contributed by atoms with van der Waals surface area (Å²) in [6.45, 7) is 3.84. The number of anilines is 1. The maximum Gasteiger partial charge on any atom is 0.223 e. The average molecular weight is 401 g/mol. The molecular weight excluding hydrogens is 376 g/mol. The quantitative estimate of drug-likeness (QED) is 0.663. The molecule has 148 valence electrons. The topological polar surface area (TPSA) is 49.9 Å². The van der Waals surface area contributed by atoms with Gasteiger partial charge in [0.2, 0.25) is 5.91 Å². The standard InChI is InChI=1S/C22H25ClN2O3/c1-24(22(27)11-10-21(26)18-4-6-19(23)7-5-18)16-17-2-8-20(9-3-17)25-12-14-28-15-13-25/h2-9H,10-16H2,1H3. The van der Waals surface area contributed by atoms with E-state index in [1.807, 2.05) is 12.1 Å². The Balaban J connectivity index is 1.48. The van der Waals surface area contributed by atoms with Crippen molar-refractivity contribution in [1.82, 2.24) is 4.90 Å². The Morgan fingerprint density at radius 1 is 1.00 bits per heavy atom. The first-order valence-corrected chi connectivity index (χ1v) is 9.85. The fourth-order valence-corrected chi connectivity index (χ4v) is 3.31. The molecule has 1 heterocycles. The van der Waals surface area contributed by atoms with E-state index < -0.39 is 0 Å². The molecule has 0 saturated carbocycles. The zero-order chi connectivity index (χ0) is 19.9. The van der Waals surface area contributed by atoms with Crippen LogP contribution in [-0.2, 0) is 16.1 Å². The molecule has 0 atom stereocenters. The lowest BCUT2D eigenvalue weighted by molar-refractivity contribution is -0.130. The number of halogens is 1. The van der Waals surface area contributed by atoms with Crippen molar-refractivity contribution in [1.29, 1.82) is 0 Å². The van der Waals surface area contributed by atoms with E-state index in [2.05, 4.69) is 17.0 Å². The minimum atomic E-state index is -0.0479. The maximum atomic E-state index is 12.4. The molecule has 0 aliphatic carbocycles. The van der Waals surface area contributed by atoms with Gasteiger partial charge in [-0.2, -0.15) is 0 Å². The number of ether oxygens (including phenoxy) is 1. The first-order valence-electron chi connectivity index (χ1n) is 9.47. The van der Waals surface area contributed by atoms with Crippen LogP contribution in [0.15, 0.2) is 48.5 Å². The lowest BCUT2D eigenvalue weighted by atomic mass is 10.1. The molecule has 0 bridgehead atoms. The van der Waals surface area contributed by atoms with Crippen LogP contribution < -0.4 is 4.90 Å². The van der Waals surface area contributed by atoms with Crippen molar-refractivity contribution in [3.8, 4) is 0 Å². The molecule has 0 aromatic heterocycles. The number of ketones is 1. The van der Waals surface area contributed by atoms with Crippen LogP contribution in [-0.4, -0.2) is 49.9 Å². The van der Waals surface area contributed by atoms with Crippen LogP contribution in [0, 0.1) is 0 Å². The van der Waals surface area contributed by atoms with E-state index in [9.17, 15) is 9.59 Å². The van der Waals surface area contributed by atoms with Crippen LogP contribution in [0.3, 0.4) is 0 Å². The first-order chi connectivity index (χ1) is 13.5. The summed E-state index contributed by atoms with van der Waals surface area (Å²) in [6.07, 6.45) is 0.393. The molecule has 2 aromatic carbocycles. The number of benzene rings is 2. The molecule has 5 nitrogen and oxygen atoms in total. The normalized spacial score (nSPS) is 14.0. The van der Waals surface area contributed by atoms with Crippen LogP contribution in [0.1, 0.15) is 28.8 Å². The van der Waals surface area contributed by atoms with E-state index in [1.54, 1.807) is 36.2 Å². The van der Waals surface area contributed by atoms with Gasteiger partial charge in [-0.15, -0.1) is 0 Å². The van der Waals surface area contributed by atoms with Gasteiger partial charge in [-0.1, -0.05) is 23.7 Å². The van der Waals surface area contributed by atoms with Gasteiger partial charge in [-0.05, 0) is 42.0 Å². The zero-order valence-corrected chi connectivity index (χ0v) is 16.8. The van der Waals surface area contributed by atoms with Crippen LogP contribution in [0.5, 0.6) is 0 Å². The van der Waals surface area contributed by atoms with E-state index >= 15 is 0 Å². The number of rotatable bonds is 7. The Hall–Kier alpha value is -2.37. The van der Waals surface area contributed by atoms with Crippen molar-refractivity contribution >= 4 is 29.0 Å². The molecule has 3 rings (SSSR count). The number of nitrogens with zero attached hydrogens (tertiary/aromatic N) is 2. The zero-order valence-electron chi connectivity index (χ0n) is 16.1. The van der Waals surface area contributed by atoms with Crippen LogP contribution in [0.2, 0.25) is 5.02 Å². The summed E-state index contributed by atoms with van der Waals surface area (Å²) in [5, 5.41) is 0.590. The van der Waals surface area contributed by atoms with Crippen LogP contribution in [0.4, 0.5) is 5.69 Å². The van der Waals surface area contributed by atoms with E-state index in [1.165, 1.54) is 5.69 Å². The summed E-state index contributed by atoms with van der Waals surface area (Å²) in [5.41, 5.74) is 2.82. The highest BCUT2D eigenvalue weighted by Crippen LogP contribution is 2.18. The third-order valence-electron chi connectivity index (χ3n) is 4.89. The van der Waals surface area contributed by atoms with Gasteiger partial charge in [-0.3, -0.25) is 9.59 Å². The van der Waals surface area contributed by atoms with E-state index in [0.717, 1.165) is 31.9 Å². The molecular formula is C22H25ClN2O3. The number of morpholine rings is 1. The van der Waals surface area contributed by atoms with E-state index in [0.29, 0.717) is 17.1 Å². The minimum Gasteiger partial charge on any atom is -0.378 e. The van der Waals surface area contributed by atoms with E-state index in [-0.39, 0.29) is 24.5 Å². The number of carbonyl (C=O) groups excluding carboxylic acids is 2. The molecule has 0 spiro atoms. The maximum absolute atomic E-state index is 12.4. The van der Waals surface area contributed by atoms with Crippen molar-refractivity contribution in [2.45, 2.75) is 19.4 Å². The third-order valence-corrected chi connectivity index (χ3v) is 5.14. The monoisotopic (exact) mass is 400 g/mol. The Morgan fingerprint density at radius 3 is 2.29 bits per heavy atom. The molecule has 2 aromatic rings. The van der Waals surface area contributed by atoms with Gasteiger partial charge in [0.15, 0.2) is 5.78 Å². The Morgan fingerprint density at radius 2 is 1.64 bits per heavy atom. The molecule has 1 amide bonds. The smallest absolute Gasteiger partial charge is 0.223 e. The van der Waals surface area contributed by atoms with Crippen molar-refractivity contribution in [3.05, 3.63) is 64.7 Å². The highest BCUT2D eigenvalue weighted by atomic mass is 35.5. The first kappa shape index (κ1) is 20.4. The van der Waals surface area contributed by atoms with Crippen molar-refractivity contribution in [2.75, 3.05) is 38.3 Å². The SMILES string of the molecule is CN(Cc1ccc(N2CCOCC2)cc1)C(=O)CCC(=O)c1ccc(Cl)cc1. The van der Waals surface area contributed by atoms with Gasteiger partial charge in [0.25, 0.3) is 0 Å². The van der Waals surface area contributed by atoms with Gasteiger partial charge >= 0.3 is 0 Å². The molecule has 0 N–H and O–H groups in total. The summed E-state index contributed by atoms with van der Waals surface area (Å²) < 4.78 is 5.38. The number of amides is 1. The summed E-state index contributed by atoms with van der Waals surface area (Å²) in [7, 11) is 1.77. The molecule has 1 fully saturated rings. The largest absolute Gasteiger partial charge is 0.378 e. The highest BCUT2D eigenvalue weighted by Gasteiger charge is 2.14. The molecule has 6 heteroatoms. The van der Waals surface area contributed by atoms with Gasteiger partial charge < -0.3 is 14.5 Å². The Labute approximate surface area is 170 Å². The second-order valence-electron chi connectivity index (χ2n) is 6.95. The average Bonchev–Trinajstić information content (AvgIpc) is 2.73. The Bertz CT molecular complexity index is 800. The van der Waals surface area contributed by atoms with Gasteiger partial charge in [-0.25, -0.2) is 0 Å². The van der Waals surface area contributed by atoms with Crippen LogP contribution >= 0.6 is 11.6 Å². The molecule has 0 unspecified atom stereocenters. The van der Waals surface area contributed by atoms with Crippen LogP contribution in [0.25, 0.3) is 0 Å². The highest BCUT2D eigenvalue weighted by molar-refractivity contribution is 6.30. The summed E-state index contributed by atoms with van der Waals surface area (Å²) in [4.78, 5) is 28.5. The number of hydrogen-bond donors (Lipinski definition) is 0. The molecule has 1 aliphatic heterocycles. The Kier molecular flexibility index (Phi) is 7.06. The lowest BCUT2D eigenvalue weighted by Gasteiger charge is -2.29. The number of hydrogen-bond acceptors (Lipinski definition) is 4. The van der Waals surface area contributed by atoms with Crippen molar-refractivity contribution < 1.29 is 14.3 Å². The predicted molar refractivity (Wildman–Crippen MR) is 111 cm³/mol. The van der Waals surface area contributed by atoms with Crippen molar-refractivity contribution in [2.24, 2.45) is 0 Å². The number of Topliss-reactive ketones (excluding diaryl/α,β-unsaturated/α-hetero) is 1. The second kappa shape index (κ2) is 9.71. The van der Waals surface area contributed by atoms with Gasteiger partial charge in [0.05, 0.1) is 13.2 Å². The lowest BCUT2D eigenvalue weighted by Crippen LogP contribution is -2.36. The second-order valence-corrected chi connectivity index (χ2v) is 7.38. The summed E-state index contributed by atoms with van der Waals surface area (Å²) >= 11 is 5.84. The predicted octanol–water partition coefficient (Wildman–Crippen LogP) is 3.80. The molecule has 1 aliphatic rings. The summed E-state index contributed by atoms with van der Waals surface area (Å²) in [6, 6.07) is 15.0. The van der Waals surface area contributed by atoms with Gasteiger partial charge in [0, 0.05) is 55.8 Å². The number of carbonyl (C=O) groups is 2. The minimum absolute atomic E-state index is 0.0421.